The highest BCUT2D eigenvalue weighted by atomic mass is 32.1. The second-order valence-corrected chi connectivity index (χ2v) is 6.09. The van der Waals surface area contributed by atoms with Crippen LogP contribution in [-0.2, 0) is 9.47 Å². The van der Waals surface area contributed by atoms with E-state index in [1.165, 1.54) is 11.3 Å². The number of nitrogens with one attached hydrogen (secondary N) is 1. The van der Waals surface area contributed by atoms with Crippen LogP contribution in [0.1, 0.15) is 35.4 Å². The van der Waals surface area contributed by atoms with Gasteiger partial charge in [0.2, 0.25) is 0 Å². The van der Waals surface area contributed by atoms with E-state index in [-0.39, 0.29) is 17.7 Å². The fourth-order valence-corrected chi connectivity index (χ4v) is 3.62. The maximum Gasteiger partial charge on any atom is 0.265 e. The summed E-state index contributed by atoms with van der Waals surface area (Å²) in [7, 11) is 1.58. The molecule has 1 saturated heterocycles. The summed E-state index contributed by atoms with van der Waals surface area (Å²) >= 11 is 1.40. The van der Waals surface area contributed by atoms with Crippen molar-refractivity contribution < 1.29 is 19.0 Å². The van der Waals surface area contributed by atoms with Gasteiger partial charge in [0.15, 0.2) is 5.79 Å². The zero-order valence-corrected chi connectivity index (χ0v) is 12.3. The Hall–Kier alpha value is -1.11. The highest BCUT2D eigenvalue weighted by Crippen LogP contribution is 2.36. The van der Waals surface area contributed by atoms with Crippen LogP contribution in [-0.4, -0.2) is 38.1 Å². The smallest absolute Gasteiger partial charge is 0.265 e. The van der Waals surface area contributed by atoms with Crippen LogP contribution in [0.15, 0.2) is 11.4 Å². The van der Waals surface area contributed by atoms with Crippen molar-refractivity contribution in [3.8, 4) is 5.75 Å². The van der Waals surface area contributed by atoms with Crippen molar-refractivity contribution in [1.82, 2.24) is 5.32 Å². The van der Waals surface area contributed by atoms with Gasteiger partial charge in [-0.1, -0.05) is 0 Å². The first-order valence-corrected chi connectivity index (χ1v) is 7.81. The van der Waals surface area contributed by atoms with E-state index in [0.717, 1.165) is 25.7 Å². The van der Waals surface area contributed by atoms with Gasteiger partial charge in [-0.2, -0.15) is 0 Å². The zero-order valence-electron chi connectivity index (χ0n) is 11.5. The molecule has 1 saturated carbocycles. The maximum atomic E-state index is 12.2. The molecule has 1 amide bonds. The highest BCUT2D eigenvalue weighted by molar-refractivity contribution is 7.12. The molecule has 2 aliphatic rings. The lowest BCUT2D eigenvalue weighted by molar-refractivity contribution is -0.179. The number of carbonyl (C=O) groups is 1. The van der Waals surface area contributed by atoms with Crippen LogP contribution in [0.4, 0.5) is 0 Å². The predicted octanol–water partition coefficient (Wildman–Crippen LogP) is 2.17. The van der Waals surface area contributed by atoms with Crippen molar-refractivity contribution in [3.05, 3.63) is 16.3 Å². The molecule has 2 fully saturated rings. The minimum absolute atomic E-state index is 0.0499. The number of thiophene rings is 1. The van der Waals surface area contributed by atoms with E-state index in [1.807, 2.05) is 11.4 Å². The van der Waals surface area contributed by atoms with Crippen molar-refractivity contribution >= 4 is 17.2 Å². The van der Waals surface area contributed by atoms with Crippen molar-refractivity contribution in [2.24, 2.45) is 0 Å². The fraction of sp³-hybridized carbons (Fsp3) is 0.643. The molecule has 1 aromatic heterocycles. The van der Waals surface area contributed by atoms with Gasteiger partial charge in [-0.25, -0.2) is 0 Å². The van der Waals surface area contributed by atoms with E-state index >= 15 is 0 Å². The van der Waals surface area contributed by atoms with Crippen LogP contribution in [0.5, 0.6) is 5.75 Å². The number of ether oxygens (including phenoxy) is 3. The van der Waals surface area contributed by atoms with E-state index in [4.69, 9.17) is 14.2 Å². The first kappa shape index (κ1) is 13.9. The zero-order chi connectivity index (χ0) is 14.0. The van der Waals surface area contributed by atoms with Crippen molar-refractivity contribution in [2.75, 3.05) is 20.3 Å². The molecule has 0 aromatic carbocycles. The van der Waals surface area contributed by atoms with Gasteiger partial charge in [-0.15, -0.1) is 11.3 Å². The van der Waals surface area contributed by atoms with Gasteiger partial charge < -0.3 is 19.5 Å². The third-order valence-corrected chi connectivity index (χ3v) is 4.85. The molecule has 3 rings (SSSR count). The van der Waals surface area contributed by atoms with E-state index < -0.39 is 0 Å². The van der Waals surface area contributed by atoms with Crippen LogP contribution >= 0.6 is 11.3 Å². The summed E-state index contributed by atoms with van der Waals surface area (Å²) in [5.74, 6) is 0.218. The highest BCUT2D eigenvalue weighted by Gasteiger charge is 2.40. The van der Waals surface area contributed by atoms with E-state index in [9.17, 15) is 4.79 Å². The van der Waals surface area contributed by atoms with Gasteiger partial charge >= 0.3 is 0 Å². The molecule has 110 valence electrons. The summed E-state index contributed by atoms with van der Waals surface area (Å²) in [5.41, 5.74) is 0. The van der Waals surface area contributed by atoms with Crippen molar-refractivity contribution in [1.29, 1.82) is 0 Å². The Morgan fingerprint density at radius 3 is 2.75 bits per heavy atom. The molecule has 0 radical (unpaired) electrons. The normalized spacial score (nSPS) is 22.1. The summed E-state index contributed by atoms with van der Waals surface area (Å²) in [4.78, 5) is 12.9. The fourth-order valence-electron chi connectivity index (χ4n) is 2.86. The summed E-state index contributed by atoms with van der Waals surface area (Å²) in [6.07, 6.45) is 3.47. The summed E-state index contributed by atoms with van der Waals surface area (Å²) in [6.45, 7) is 1.37. The topological polar surface area (TPSA) is 56.8 Å². The standard InChI is InChI=1S/C14H19NO4S/c1-17-11-4-9-20-12(11)13(16)15-10-2-5-14(6-3-10)18-7-8-19-14/h4,9-10H,2-3,5-8H2,1H3,(H,15,16). The largest absolute Gasteiger partial charge is 0.495 e. The molecule has 0 bridgehead atoms. The molecule has 20 heavy (non-hydrogen) atoms. The van der Waals surface area contributed by atoms with Crippen LogP contribution < -0.4 is 10.1 Å². The van der Waals surface area contributed by atoms with Crippen LogP contribution in [0.25, 0.3) is 0 Å². The van der Waals surface area contributed by atoms with Gasteiger partial charge in [0.25, 0.3) is 5.91 Å². The van der Waals surface area contributed by atoms with Gasteiger partial charge in [0.05, 0.1) is 20.3 Å². The number of hydrogen-bond donors (Lipinski definition) is 1. The third kappa shape index (κ3) is 2.68. The van der Waals surface area contributed by atoms with Gasteiger partial charge in [-0.3, -0.25) is 4.79 Å². The summed E-state index contributed by atoms with van der Waals surface area (Å²) in [5, 5.41) is 4.95. The Morgan fingerprint density at radius 1 is 1.40 bits per heavy atom. The first-order chi connectivity index (χ1) is 9.72. The molecule has 0 atom stereocenters. The number of hydrogen-bond acceptors (Lipinski definition) is 5. The average molecular weight is 297 g/mol. The quantitative estimate of drug-likeness (QED) is 0.929. The summed E-state index contributed by atoms with van der Waals surface area (Å²) in [6, 6.07) is 2.00. The lowest BCUT2D eigenvalue weighted by Gasteiger charge is -2.35. The van der Waals surface area contributed by atoms with E-state index in [1.54, 1.807) is 7.11 Å². The molecule has 5 nitrogen and oxygen atoms in total. The molecule has 6 heteroatoms. The Kier molecular flexibility index (Phi) is 3.96. The second kappa shape index (κ2) is 5.71. The molecule has 1 N–H and O–H groups in total. The Bertz CT molecular complexity index is 471. The maximum absolute atomic E-state index is 12.2. The molecule has 2 heterocycles. The van der Waals surface area contributed by atoms with Crippen LogP contribution in [0, 0.1) is 0 Å². The lowest BCUT2D eigenvalue weighted by Crippen LogP contribution is -2.43. The number of amides is 1. The van der Waals surface area contributed by atoms with Crippen molar-refractivity contribution in [2.45, 2.75) is 37.5 Å². The number of rotatable bonds is 3. The Labute approximate surface area is 122 Å². The Balaban J connectivity index is 1.55. The second-order valence-electron chi connectivity index (χ2n) is 5.17. The van der Waals surface area contributed by atoms with Gasteiger partial charge in [-0.05, 0) is 24.3 Å². The third-order valence-electron chi connectivity index (χ3n) is 3.95. The minimum Gasteiger partial charge on any atom is -0.495 e. The molecular weight excluding hydrogens is 278 g/mol. The van der Waals surface area contributed by atoms with Crippen LogP contribution in [0.3, 0.4) is 0 Å². The first-order valence-electron chi connectivity index (χ1n) is 6.93. The number of methoxy groups -OCH3 is 1. The molecule has 1 aliphatic heterocycles. The molecule has 0 unspecified atom stereocenters. The van der Waals surface area contributed by atoms with Gasteiger partial charge in [0, 0.05) is 18.9 Å². The predicted molar refractivity (Wildman–Crippen MR) is 75.2 cm³/mol. The van der Waals surface area contributed by atoms with Crippen molar-refractivity contribution in [3.63, 3.8) is 0 Å². The summed E-state index contributed by atoms with van der Waals surface area (Å²) < 4.78 is 16.6. The van der Waals surface area contributed by atoms with E-state index in [2.05, 4.69) is 5.32 Å². The molecule has 1 aromatic rings. The van der Waals surface area contributed by atoms with E-state index in [0.29, 0.717) is 23.8 Å². The monoisotopic (exact) mass is 297 g/mol. The molecule has 1 aliphatic carbocycles. The van der Waals surface area contributed by atoms with Crippen LogP contribution in [0.2, 0.25) is 0 Å². The number of carbonyl (C=O) groups excluding carboxylic acids is 1. The molecule has 1 spiro atoms. The Morgan fingerprint density at radius 2 is 2.10 bits per heavy atom. The molecular formula is C14H19NO4S. The minimum atomic E-state index is -0.373. The van der Waals surface area contributed by atoms with Gasteiger partial charge in [0.1, 0.15) is 10.6 Å². The lowest BCUT2D eigenvalue weighted by atomic mass is 9.90. The SMILES string of the molecule is COc1ccsc1C(=O)NC1CCC2(CC1)OCCO2. The average Bonchev–Trinajstić information content (AvgIpc) is 3.11.